The third-order valence-corrected chi connectivity index (χ3v) is 3.76. The molecule has 2 unspecified atom stereocenters. The molecular formula is C14H26N2O3. The highest BCUT2D eigenvalue weighted by molar-refractivity contribution is 5.86. The standard InChI is InChI=1S/C14H26N2O3/c1-3-8-12(14(18)19)15-13(17)11(2)16-9-6-4-5-7-10-16/h11-12H,3-10H2,1-2H3,(H,15,17)(H,18,19). The number of carbonyl (C=O) groups excluding carboxylic acids is 1. The maximum atomic E-state index is 12.1. The highest BCUT2D eigenvalue weighted by Crippen LogP contribution is 2.12. The largest absolute Gasteiger partial charge is 0.480 e. The number of nitrogens with zero attached hydrogens (tertiary/aromatic N) is 1. The molecule has 0 saturated carbocycles. The van der Waals surface area contributed by atoms with Gasteiger partial charge in [0.2, 0.25) is 5.91 Å². The molecule has 110 valence electrons. The molecule has 0 aromatic rings. The fourth-order valence-electron chi connectivity index (χ4n) is 2.49. The smallest absolute Gasteiger partial charge is 0.326 e. The molecule has 19 heavy (non-hydrogen) atoms. The van der Waals surface area contributed by atoms with E-state index >= 15 is 0 Å². The van der Waals surface area contributed by atoms with E-state index in [0.717, 1.165) is 32.4 Å². The second-order valence-electron chi connectivity index (χ2n) is 5.31. The molecule has 0 aliphatic carbocycles. The van der Waals surface area contributed by atoms with Gasteiger partial charge in [0.15, 0.2) is 0 Å². The van der Waals surface area contributed by atoms with Crippen molar-refractivity contribution in [3.63, 3.8) is 0 Å². The number of amides is 1. The van der Waals surface area contributed by atoms with Crippen molar-refractivity contribution in [2.45, 2.75) is 64.5 Å². The fourth-order valence-corrected chi connectivity index (χ4v) is 2.49. The molecule has 1 rings (SSSR count). The number of carboxylic acids is 1. The summed E-state index contributed by atoms with van der Waals surface area (Å²) in [4.78, 5) is 25.3. The van der Waals surface area contributed by atoms with Crippen LogP contribution in [0.2, 0.25) is 0 Å². The second-order valence-corrected chi connectivity index (χ2v) is 5.31. The summed E-state index contributed by atoms with van der Waals surface area (Å²) in [6.07, 6.45) is 5.91. The molecule has 1 fully saturated rings. The van der Waals surface area contributed by atoms with Gasteiger partial charge in [0.05, 0.1) is 6.04 Å². The molecule has 0 aromatic carbocycles. The Bertz CT molecular complexity index is 299. The Hall–Kier alpha value is -1.10. The summed E-state index contributed by atoms with van der Waals surface area (Å²) in [5, 5.41) is 11.7. The molecule has 2 atom stereocenters. The minimum Gasteiger partial charge on any atom is -0.480 e. The summed E-state index contributed by atoms with van der Waals surface area (Å²) in [5.41, 5.74) is 0. The number of hydrogen-bond acceptors (Lipinski definition) is 3. The van der Waals surface area contributed by atoms with E-state index in [1.54, 1.807) is 0 Å². The van der Waals surface area contributed by atoms with Gasteiger partial charge in [-0.3, -0.25) is 9.69 Å². The summed E-state index contributed by atoms with van der Waals surface area (Å²) in [6.45, 7) is 5.64. The SMILES string of the molecule is CCCC(NC(=O)C(C)N1CCCCCC1)C(=O)O. The lowest BCUT2D eigenvalue weighted by Crippen LogP contribution is -2.50. The molecule has 1 aliphatic rings. The van der Waals surface area contributed by atoms with Crippen molar-refractivity contribution >= 4 is 11.9 Å². The first kappa shape index (κ1) is 16.0. The maximum Gasteiger partial charge on any atom is 0.326 e. The van der Waals surface area contributed by atoms with Gasteiger partial charge in [-0.15, -0.1) is 0 Å². The van der Waals surface area contributed by atoms with Crippen LogP contribution in [0.1, 0.15) is 52.4 Å². The zero-order chi connectivity index (χ0) is 14.3. The monoisotopic (exact) mass is 270 g/mol. The summed E-state index contributed by atoms with van der Waals surface area (Å²) < 4.78 is 0. The molecule has 1 heterocycles. The van der Waals surface area contributed by atoms with Crippen molar-refractivity contribution in [1.29, 1.82) is 0 Å². The summed E-state index contributed by atoms with van der Waals surface area (Å²) >= 11 is 0. The van der Waals surface area contributed by atoms with Gasteiger partial charge in [0.25, 0.3) is 0 Å². The van der Waals surface area contributed by atoms with Crippen LogP contribution in [-0.4, -0.2) is 47.1 Å². The summed E-state index contributed by atoms with van der Waals surface area (Å²) in [5.74, 6) is -1.11. The minimum atomic E-state index is -0.946. The van der Waals surface area contributed by atoms with E-state index in [-0.39, 0.29) is 11.9 Å². The number of hydrogen-bond donors (Lipinski definition) is 2. The topological polar surface area (TPSA) is 69.6 Å². The lowest BCUT2D eigenvalue weighted by molar-refractivity contribution is -0.142. The number of rotatable bonds is 6. The molecule has 1 saturated heterocycles. The number of likely N-dealkylation sites (tertiary alicyclic amines) is 1. The molecule has 0 aromatic heterocycles. The lowest BCUT2D eigenvalue weighted by atomic mass is 10.1. The van der Waals surface area contributed by atoms with Gasteiger partial charge < -0.3 is 10.4 Å². The highest BCUT2D eigenvalue weighted by atomic mass is 16.4. The zero-order valence-corrected chi connectivity index (χ0v) is 12.0. The van der Waals surface area contributed by atoms with Gasteiger partial charge in [-0.25, -0.2) is 4.79 Å². The van der Waals surface area contributed by atoms with E-state index in [1.165, 1.54) is 12.8 Å². The number of carboxylic acid groups (broad SMARTS) is 1. The first-order valence-corrected chi connectivity index (χ1v) is 7.33. The van der Waals surface area contributed by atoms with Crippen LogP contribution in [0.4, 0.5) is 0 Å². The maximum absolute atomic E-state index is 12.1. The highest BCUT2D eigenvalue weighted by Gasteiger charge is 2.26. The van der Waals surface area contributed by atoms with Crippen molar-refractivity contribution in [2.24, 2.45) is 0 Å². The van der Waals surface area contributed by atoms with Gasteiger partial charge >= 0.3 is 5.97 Å². The van der Waals surface area contributed by atoms with E-state index in [4.69, 9.17) is 5.11 Å². The van der Waals surface area contributed by atoms with Gasteiger partial charge in [0, 0.05) is 0 Å². The average molecular weight is 270 g/mol. The molecule has 2 N–H and O–H groups in total. The second kappa shape index (κ2) is 8.15. The number of carbonyl (C=O) groups is 2. The van der Waals surface area contributed by atoms with Gasteiger partial charge in [-0.05, 0) is 39.3 Å². The van der Waals surface area contributed by atoms with E-state index in [1.807, 2.05) is 13.8 Å². The molecule has 0 radical (unpaired) electrons. The van der Waals surface area contributed by atoms with Crippen molar-refractivity contribution in [3.05, 3.63) is 0 Å². The van der Waals surface area contributed by atoms with Crippen molar-refractivity contribution in [1.82, 2.24) is 10.2 Å². The molecule has 5 heteroatoms. The molecular weight excluding hydrogens is 244 g/mol. The van der Waals surface area contributed by atoms with Crippen molar-refractivity contribution < 1.29 is 14.7 Å². The van der Waals surface area contributed by atoms with Gasteiger partial charge in [-0.2, -0.15) is 0 Å². The Kier molecular flexibility index (Phi) is 6.84. The van der Waals surface area contributed by atoms with Crippen LogP contribution >= 0.6 is 0 Å². The number of nitrogens with one attached hydrogen (secondary N) is 1. The van der Waals surface area contributed by atoms with Crippen LogP contribution in [-0.2, 0) is 9.59 Å². The van der Waals surface area contributed by atoms with Gasteiger partial charge in [-0.1, -0.05) is 26.2 Å². The van der Waals surface area contributed by atoms with Crippen LogP contribution in [0.3, 0.4) is 0 Å². The molecule has 1 amide bonds. The van der Waals surface area contributed by atoms with Crippen molar-refractivity contribution in [2.75, 3.05) is 13.1 Å². The quantitative estimate of drug-likeness (QED) is 0.769. The molecule has 0 bridgehead atoms. The summed E-state index contributed by atoms with van der Waals surface area (Å²) in [7, 11) is 0. The van der Waals surface area contributed by atoms with Crippen LogP contribution in [0.15, 0.2) is 0 Å². The Morgan fingerprint density at radius 2 is 1.79 bits per heavy atom. The lowest BCUT2D eigenvalue weighted by Gasteiger charge is -2.27. The Labute approximate surface area is 115 Å². The average Bonchev–Trinajstić information content (AvgIpc) is 2.65. The predicted molar refractivity (Wildman–Crippen MR) is 74.0 cm³/mol. The third-order valence-electron chi connectivity index (χ3n) is 3.76. The van der Waals surface area contributed by atoms with Crippen LogP contribution in [0.25, 0.3) is 0 Å². The molecule has 1 aliphatic heterocycles. The zero-order valence-electron chi connectivity index (χ0n) is 12.0. The molecule has 5 nitrogen and oxygen atoms in total. The first-order chi connectivity index (χ1) is 9.06. The number of aliphatic carboxylic acids is 1. The van der Waals surface area contributed by atoms with E-state index in [2.05, 4.69) is 10.2 Å². The minimum absolute atomic E-state index is 0.164. The first-order valence-electron chi connectivity index (χ1n) is 7.33. The van der Waals surface area contributed by atoms with Crippen LogP contribution < -0.4 is 5.32 Å². The van der Waals surface area contributed by atoms with Crippen LogP contribution in [0.5, 0.6) is 0 Å². The van der Waals surface area contributed by atoms with Crippen molar-refractivity contribution in [3.8, 4) is 0 Å². The molecule has 0 spiro atoms. The Morgan fingerprint density at radius 1 is 1.21 bits per heavy atom. The Morgan fingerprint density at radius 3 is 2.26 bits per heavy atom. The predicted octanol–water partition coefficient (Wildman–Crippen LogP) is 1.62. The third kappa shape index (κ3) is 5.19. The van der Waals surface area contributed by atoms with E-state index in [0.29, 0.717) is 6.42 Å². The van der Waals surface area contributed by atoms with E-state index < -0.39 is 12.0 Å². The van der Waals surface area contributed by atoms with Crippen LogP contribution in [0, 0.1) is 0 Å². The fraction of sp³-hybridized carbons (Fsp3) is 0.857. The normalized spacial score (nSPS) is 20.3. The van der Waals surface area contributed by atoms with Gasteiger partial charge in [0.1, 0.15) is 6.04 Å². The Balaban J connectivity index is 2.52. The van der Waals surface area contributed by atoms with E-state index in [9.17, 15) is 9.59 Å². The summed E-state index contributed by atoms with van der Waals surface area (Å²) in [6, 6.07) is -0.997.